The Kier molecular flexibility index (Phi) is 6.97. The van der Waals surface area contributed by atoms with E-state index in [1.54, 1.807) is 5.32 Å². The third-order valence-electron chi connectivity index (χ3n) is 5.34. The number of thiophene rings is 1. The van der Waals surface area contributed by atoms with Gasteiger partial charge in [0.15, 0.2) is 0 Å². The number of fused-ring (bicyclic) bond motifs is 1. The number of alkyl halides is 3. The van der Waals surface area contributed by atoms with Gasteiger partial charge >= 0.3 is 17.8 Å². The molecule has 1 aliphatic rings. The molecule has 33 heavy (non-hydrogen) atoms. The van der Waals surface area contributed by atoms with Crippen LogP contribution in [0.2, 0.25) is 0 Å². The summed E-state index contributed by atoms with van der Waals surface area (Å²) in [5.74, 6) is -3.45. The highest BCUT2D eigenvalue weighted by Gasteiger charge is 2.64. The van der Waals surface area contributed by atoms with Gasteiger partial charge in [0.25, 0.3) is 5.91 Å². The van der Waals surface area contributed by atoms with Gasteiger partial charge in [-0.2, -0.15) is 18.4 Å². The first kappa shape index (κ1) is 24.5. The van der Waals surface area contributed by atoms with Gasteiger partial charge in [-0.05, 0) is 61.9 Å². The summed E-state index contributed by atoms with van der Waals surface area (Å²) in [4.78, 5) is 26.1. The summed E-state index contributed by atoms with van der Waals surface area (Å²) >= 11 is 0.951. The molecule has 1 amide bonds. The predicted molar refractivity (Wildman–Crippen MR) is 113 cm³/mol. The molecule has 0 saturated heterocycles. The van der Waals surface area contributed by atoms with Gasteiger partial charge in [0.1, 0.15) is 16.9 Å². The van der Waals surface area contributed by atoms with Gasteiger partial charge in [0.2, 0.25) is 0 Å². The molecular weight excluding hydrogens is 462 g/mol. The van der Waals surface area contributed by atoms with Crippen LogP contribution in [0.5, 0.6) is 0 Å². The molecule has 0 aliphatic heterocycles. The fourth-order valence-corrected chi connectivity index (χ4v) is 5.02. The van der Waals surface area contributed by atoms with E-state index < -0.39 is 29.5 Å². The van der Waals surface area contributed by atoms with Crippen LogP contribution in [-0.2, 0) is 22.4 Å². The Hall–Kier alpha value is -3.13. The molecule has 0 radical (unpaired) electrons. The number of ether oxygens (including phenoxy) is 1. The van der Waals surface area contributed by atoms with Crippen LogP contribution >= 0.6 is 11.3 Å². The first-order valence-electron chi connectivity index (χ1n) is 10.2. The smallest absolute Gasteiger partial charge is 0.441 e. The summed E-state index contributed by atoms with van der Waals surface area (Å²) in [7, 11) is 0. The van der Waals surface area contributed by atoms with Gasteiger partial charge in [0.05, 0.1) is 12.2 Å². The summed E-state index contributed by atoms with van der Waals surface area (Å²) in [6, 6.07) is 5.72. The fourth-order valence-electron chi connectivity index (χ4n) is 3.60. The third kappa shape index (κ3) is 4.80. The molecule has 2 N–H and O–H groups in total. The monoisotopic (exact) mass is 483 g/mol. The number of carbonyl (C=O) groups excluding carboxylic acids is 2. The number of halogens is 4. The van der Waals surface area contributed by atoms with E-state index in [9.17, 15) is 32.4 Å². The van der Waals surface area contributed by atoms with Crippen LogP contribution < -0.4 is 10.6 Å². The first-order valence-corrected chi connectivity index (χ1v) is 11.0. The van der Waals surface area contributed by atoms with Crippen LogP contribution in [0, 0.1) is 23.1 Å². The molecule has 0 saturated carbocycles. The molecule has 11 heteroatoms. The van der Waals surface area contributed by atoms with E-state index in [1.165, 1.54) is 6.92 Å². The van der Waals surface area contributed by atoms with Crippen LogP contribution in [0.1, 0.15) is 46.6 Å². The Balaban J connectivity index is 2.09. The van der Waals surface area contributed by atoms with Crippen molar-refractivity contribution < 1.29 is 31.9 Å². The van der Waals surface area contributed by atoms with Gasteiger partial charge in [-0.15, -0.1) is 11.3 Å². The zero-order chi connectivity index (χ0) is 24.4. The maximum atomic E-state index is 14.4. The molecule has 2 aromatic rings. The third-order valence-corrected chi connectivity index (χ3v) is 6.51. The molecule has 0 spiro atoms. The number of nitrogens with zero attached hydrogens (tertiary/aromatic N) is 1. The fraction of sp³-hybridized carbons (Fsp3) is 0.409. The Morgan fingerprint density at radius 2 is 1.94 bits per heavy atom. The van der Waals surface area contributed by atoms with Crippen molar-refractivity contribution in [2.75, 3.05) is 11.9 Å². The number of esters is 1. The van der Waals surface area contributed by atoms with E-state index in [-0.39, 0.29) is 22.7 Å². The highest BCUT2D eigenvalue weighted by molar-refractivity contribution is 7.16. The van der Waals surface area contributed by atoms with Crippen molar-refractivity contribution in [1.82, 2.24) is 5.32 Å². The lowest BCUT2D eigenvalue weighted by Crippen LogP contribution is -2.69. The van der Waals surface area contributed by atoms with E-state index in [0.717, 1.165) is 46.9 Å². The minimum absolute atomic E-state index is 0.0101. The van der Waals surface area contributed by atoms with Gasteiger partial charge in [0, 0.05) is 10.4 Å². The Bertz CT molecular complexity index is 1090. The molecule has 0 unspecified atom stereocenters. The summed E-state index contributed by atoms with van der Waals surface area (Å²) < 4.78 is 61.2. The van der Waals surface area contributed by atoms with Crippen LogP contribution in [0.25, 0.3) is 0 Å². The minimum Gasteiger partial charge on any atom is -0.463 e. The number of anilines is 1. The van der Waals surface area contributed by atoms with Crippen LogP contribution in [-0.4, -0.2) is 30.3 Å². The minimum atomic E-state index is -5.35. The van der Waals surface area contributed by atoms with E-state index in [4.69, 9.17) is 0 Å². The van der Waals surface area contributed by atoms with Crippen LogP contribution in [0.4, 0.5) is 22.6 Å². The lowest BCUT2D eigenvalue weighted by atomic mass is 9.88. The topological polar surface area (TPSA) is 91.2 Å². The van der Waals surface area contributed by atoms with Gasteiger partial charge in [-0.3, -0.25) is 4.79 Å². The van der Waals surface area contributed by atoms with Crippen molar-refractivity contribution >= 4 is 28.2 Å². The molecule has 1 aromatic carbocycles. The van der Waals surface area contributed by atoms with Crippen molar-refractivity contribution in [2.24, 2.45) is 5.92 Å². The highest BCUT2D eigenvalue weighted by atomic mass is 32.1. The number of nitrogens with one attached hydrogen (secondary N) is 2. The van der Waals surface area contributed by atoms with Crippen LogP contribution in [0.15, 0.2) is 24.3 Å². The van der Waals surface area contributed by atoms with E-state index in [0.29, 0.717) is 24.3 Å². The van der Waals surface area contributed by atoms with E-state index >= 15 is 0 Å². The van der Waals surface area contributed by atoms with Gasteiger partial charge in [-0.1, -0.05) is 6.92 Å². The number of carbonyl (C=O) groups is 2. The lowest BCUT2D eigenvalue weighted by molar-refractivity contribution is -0.204. The van der Waals surface area contributed by atoms with E-state index in [2.05, 4.69) is 10.1 Å². The largest absolute Gasteiger partial charge is 0.463 e. The molecule has 6 nitrogen and oxygen atoms in total. The second kappa shape index (κ2) is 9.39. The summed E-state index contributed by atoms with van der Waals surface area (Å²) in [5.41, 5.74) is -3.31. The number of hydrogen-bond acceptors (Lipinski definition) is 6. The summed E-state index contributed by atoms with van der Waals surface area (Å²) in [6.07, 6.45) is -3.45. The molecule has 1 aromatic heterocycles. The molecule has 1 aliphatic carbocycles. The number of nitriles is 1. The average Bonchev–Trinajstić information content (AvgIpc) is 3.08. The number of hydrogen-bond donors (Lipinski definition) is 2. The van der Waals surface area contributed by atoms with Crippen molar-refractivity contribution in [3.05, 3.63) is 51.7 Å². The molecular formula is C22H21F4N3O3S. The first-order chi connectivity index (χ1) is 15.5. The van der Waals surface area contributed by atoms with Crippen molar-refractivity contribution in [1.29, 1.82) is 5.26 Å². The van der Waals surface area contributed by atoms with Gasteiger partial charge in [-0.25, -0.2) is 9.18 Å². The second-order valence-electron chi connectivity index (χ2n) is 7.72. The molecule has 0 bridgehead atoms. The standard InChI is InChI=1S/C22H21F4N3O3S/c1-3-32-20(31)21(22(24,25)26,28-18(30)13-5-7-14(23)8-6-13)29-19-16(11-27)15-9-4-12(2)10-17(15)33-19/h5-8,12,29H,3-4,9-10H2,1-2H3,(H,28,30)/t12-,21-/m0/s1. The number of benzene rings is 1. The Morgan fingerprint density at radius 3 is 2.52 bits per heavy atom. The maximum Gasteiger partial charge on any atom is 0.441 e. The Morgan fingerprint density at radius 1 is 1.27 bits per heavy atom. The predicted octanol–water partition coefficient (Wildman–Crippen LogP) is 4.55. The average molecular weight is 483 g/mol. The normalized spacial score (nSPS) is 17.3. The maximum absolute atomic E-state index is 14.4. The molecule has 1 heterocycles. The summed E-state index contributed by atoms with van der Waals surface area (Å²) in [5, 5.41) is 13.3. The molecule has 2 atom stereocenters. The molecule has 0 fully saturated rings. The second-order valence-corrected chi connectivity index (χ2v) is 8.83. The van der Waals surface area contributed by atoms with Crippen molar-refractivity contribution in [2.45, 2.75) is 44.9 Å². The molecule has 3 rings (SSSR count). The summed E-state index contributed by atoms with van der Waals surface area (Å²) in [6.45, 7) is 2.95. The van der Waals surface area contributed by atoms with E-state index in [1.807, 2.05) is 13.0 Å². The number of amides is 1. The lowest BCUT2D eigenvalue weighted by Gasteiger charge is -2.35. The van der Waals surface area contributed by atoms with Crippen LogP contribution in [0.3, 0.4) is 0 Å². The van der Waals surface area contributed by atoms with Crippen molar-refractivity contribution in [3.8, 4) is 6.07 Å². The quantitative estimate of drug-likeness (QED) is 0.358. The van der Waals surface area contributed by atoms with Gasteiger partial charge < -0.3 is 15.4 Å². The zero-order valence-electron chi connectivity index (χ0n) is 17.8. The number of rotatable bonds is 6. The Labute approximate surface area is 191 Å². The van der Waals surface area contributed by atoms with Crippen molar-refractivity contribution in [3.63, 3.8) is 0 Å². The zero-order valence-corrected chi connectivity index (χ0v) is 18.6. The molecule has 176 valence electrons. The SMILES string of the molecule is CCOC(=O)[C@](NC(=O)c1ccc(F)cc1)(Nc1sc2c(c1C#N)CC[C@H](C)C2)C(F)(F)F. The highest BCUT2D eigenvalue weighted by Crippen LogP contribution is 2.42.